The van der Waals surface area contributed by atoms with Gasteiger partial charge in [0.05, 0.1) is 11.4 Å². The van der Waals surface area contributed by atoms with E-state index in [4.69, 9.17) is 11.6 Å². The lowest BCUT2D eigenvalue weighted by Crippen LogP contribution is -2.52. The predicted molar refractivity (Wildman–Crippen MR) is 79.1 cm³/mol. The van der Waals surface area contributed by atoms with Crippen molar-refractivity contribution in [3.63, 3.8) is 0 Å². The molecule has 3 rings (SSSR count). The van der Waals surface area contributed by atoms with Crippen LogP contribution in [0.2, 0.25) is 5.02 Å². The number of imide groups is 1. The molecule has 3 heterocycles. The third kappa shape index (κ3) is 2.80. The molecule has 1 aliphatic heterocycles. The Bertz CT molecular complexity index is 771. The summed E-state index contributed by atoms with van der Waals surface area (Å²) >= 11 is 6.12. The molecule has 0 bridgehead atoms. The second-order valence-corrected chi connectivity index (χ2v) is 5.49. The molecule has 8 heteroatoms. The predicted octanol–water partition coefficient (Wildman–Crippen LogP) is 0.680. The molecule has 7 nitrogen and oxygen atoms in total. The monoisotopic (exact) mass is 320 g/mol. The van der Waals surface area contributed by atoms with Crippen molar-refractivity contribution < 1.29 is 14.4 Å². The molecule has 0 radical (unpaired) electrons. The van der Waals surface area contributed by atoms with Gasteiger partial charge < -0.3 is 10.3 Å². The number of nitrogens with one attached hydrogen (secondary N) is 3. The Morgan fingerprint density at radius 3 is 3.05 bits per heavy atom. The lowest BCUT2D eigenvalue weighted by molar-refractivity contribution is -0.137. The van der Waals surface area contributed by atoms with E-state index in [2.05, 4.69) is 20.6 Å². The molecule has 1 aliphatic rings. The van der Waals surface area contributed by atoms with Gasteiger partial charge in [-0.1, -0.05) is 11.6 Å². The van der Waals surface area contributed by atoms with Gasteiger partial charge in [-0.3, -0.25) is 19.7 Å². The Morgan fingerprint density at radius 1 is 1.45 bits per heavy atom. The Balaban J connectivity index is 1.71. The molecular formula is C14H13ClN4O3. The number of pyridine rings is 1. The third-order valence-corrected chi connectivity index (χ3v) is 3.84. The van der Waals surface area contributed by atoms with Crippen molar-refractivity contribution in [1.29, 1.82) is 0 Å². The second kappa shape index (κ2) is 5.76. The van der Waals surface area contributed by atoms with Gasteiger partial charge in [-0.25, -0.2) is 4.98 Å². The summed E-state index contributed by atoms with van der Waals surface area (Å²) in [6.45, 7) is 0. The molecule has 3 N–H and O–H groups in total. The maximum atomic E-state index is 12.1. The third-order valence-electron chi connectivity index (χ3n) is 3.53. The number of hydrogen-bond donors (Lipinski definition) is 3. The van der Waals surface area contributed by atoms with Crippen LogP contribution in [0.15, 0.2) is 18.5 Å². The van der Waals surface area contributed by atoms with Crippen LogP contribution in [-0.4, -0.2) is 33.7 Å². The summed E-state index contributed by atoms with van der Waals surface area (Å²) in [6, 6.07) is 0.975. The number of aromatic nitrogens is 2. The van der Waals surface area contributed by atoms with Gasteiger partial charge in [-0.05, 0) is 18.1 Å². The normalized spacial score (nSPS) is 18.3. The lowest BCUT2D eigenvalue weighted by Gasteiger charge is -2.21. The molecular weight excluding hydrogens is 308 g/mol. The summed E-state index contributed by atoms with van der Waals surface area (Å²) in [7, 11) is 0. The van der Waals surface area contributed by atoms with Crippen LogP contribution in [-0.2, 0) is 20.8 Å². The fraction of sp³-hybridized carbons (Fsp3) is 0.286. The summed E-state index contributed by atoms with van der Waals surface area (Å²) in [4.78, 5) is 41.9. The molecule has 0 aromatic carbocycles. The number of amides is 3. The number of rotatable bonds is 3. The molecule has 3 amide bonds. The first kappa shape index (κ1) is 14.5. The van der Waals surface area contributed by atoms with Gasteiger partial charge in [0.25, 0.3) is 0 Å². The number of piperidine rings is 1. The molecule has 114 valence electrons. The van der Waals surface area contributed by atoms with E-state index in [1.54, 1.807) is 18.5 Å². The van der Waals surface area contributed by atoms with Crippen molar-refractivity contribution >= 4 is 40.4 Å². The van der Waals surface area contributed by atoms with Crippen LogP contribution in [0.25, 0.3) is 11.0 Å². The number of fused-ring (bicyclic) bond motifs is 1. The molecule has 0 spiro atoms. The first-order valence-corrected chi connectivity index (χ1v) is 7.16. The standard InChI is InChI=1S/C14H13ClN4O3/c15-8-3-4-16-13-12(8)7(6-17-13)5-11(21)18-9-1-2-10(20)19-14(9)22/h3-4,6,9H,1-2,5H2,(H,16,17)(H,18,21)(H,19,20,22). The molecule has 1 saturated heterocycles. The van der Waals surface area contributed by atoms with Gasteiger partial charge in [-0.2, -0.15) is 0 Å². The maximum Gasteiger partial charge on any atom is 0.249 e. The van der Waals surface area contributed by atoms with Crippen molar-refractivity contribution in [1.82, 2.24) is 20.6 Å². The number of carbonyl (C=O) groups excluding carboxylic acids is 3. The zero-order chi connectivity index (χ0) is 15.7. The van der Waals surface area contributed by atoms with Crippen molar-refractivity contribution in [2.75, 3.05) is 0 Å². The smallest absolute Gasteiger partial charge is 0.249 e. The summed E-state index contributed by atoms with van der Waals surface area (Å²) < 4.78 is 0. The Labute approximate surface area is 130 Å². The van der Waals surface area contributed by atoms with Crippen LogP contribution < -0.4 is 10.6 Å². The van der Waals surface area contributed by atoms with Crippen LogP contribution >= 0.6 is 11.6 Å². The highest BCUT2D eigenvalue weighted by Crippen LogP contribution is 2.25. The fourth-order valence-corrected chi connectivity index (χ4v) is 2.74. The van der Waals surface area contributed by atoms with Gasteiger partial charge in [0.1, 0.15) is 11.7 Å². The molecule has 2 aromatic rings. The van der Waals surface area contributed by atoms with Crippen molar-refractivity contribution in [2.24, 2.45) is 0 Å². The van der Waals surface area contributed by atoms with E-state index in [9.17, 15) is 14.4 Å². The first-order chi connectivity index (χ1) is 10.5. The van der Waals surface area contributed by atoms with E-state index in [1.807, 2.05) is 0 Å². The quantitative estimate of drug-likeness (QED) is 0.723. The summed E-state index contributed by atoms with van der Waals surface area (Å²) in [6.07, 6.45) is 3.86. The van der Waals surface area contributed by atoms with Crippen LogP contribution in [0.3, 0.4) is 0 Å². The highest BCUT2D eigenvalue weighted by molar-refractivity contribution is 6.35. The number of carbonyl (C=O) groups is 3. The molecule has 1 atom stereocenters. The summed E-state index contributed by atoms with van der Waals surface area (Å²) in [5, 5.41) is 6.04. The van der Waals surface area contributed by atoms with Gasteiger partial charge in [0.15, 0.2) is 0 Å². The average Bonchev–Trinajstić information content (AvgIpc) is 2.86. The van der Waals surface area contributed by atoms with E-state index in [-0.39, 0.29) is 24.7 Å². The zero-order valence-corrected chi connectivity index (χ0v) is 12.2. The number of aromatic amines is 1. The Hall–Kier alpha value is -2.41. The fourth-order valence-electron chi connectivity index (χ4n) is 2.47. The topological polar surface area (TPSA) is 104 Å². The molecule has 0 saturated carbocycles. The number of nitrogens with zero attached hydrogens (tertiary/aromatic N) is 1. The first-order valence-electron chi connectivity index (χ1n) is 6.78. The highest BCUT2D eigenvalue weighted by atomic mass is 35.5. The second-order valence-electron chi connectivity index (χ2n) is 5.08. The van der Waals surface area contributed by atoms with Crippen LogP contribution in [0.5, 0.6) is 0 Å². The molecule has 22 heavy (non-hydrogen) atoms. The number of halogens is 1. The van der Waals surface area contributed by atoms with Gasteiger partial charge in [0, 0.05) is 24.2 Å². The van der Waals surface area contributed by atoms with Crippen LogP contribution in [0.4, 0.5) is 0 Å². The van der Waals surface area contributed by atoms with E-state index in [1.165, 1.54) is 0 Å². The van der Waals surface area contributed by atoms with Crippen molar-refractivity contribution in [3.05, 3.63) is 29.0 Å². The molecule has 0 aliphatic carbocycles. The molecule has 1 fully saturated rings. The summed E-state index contributed by atoms with van der Waals surface area (Å²) in [5.41, 5.74) is 1.31. The SMILES string of the molecule is O=C1CCC(NC(=O)Cc2c[nH]c3nccc(Cl)c23)C(=O)N1. The van der Waals surface area contributed by atoms with Crippen LogP contribution in [0, 0.1) is 0 Å². The Morgan fingerprint density at radius 2 is 2.27 bits per heavy atom. The minimum Gasteiger partial charge on any atom is -0.346 e. The maximum absolute atomic E-state index is 12.1. The van der Waals surface area contributed by atoms with E-state index < -0.39 is 11.9 Å². The van der Waals surface area contributed by atoms with Gasteiger partial charge in [0.2, 0.25) is 17.7 Å². The lowest BCUT2D eigenvalue weighted by atomic mass is 10.1. The van der Waals surface area contributed by atoms with Crippen molar-refractivity contribution in [3.8, 4) is 0 Å². The van der Waals surface area contributed by atoms with E-state index in [0.29, 0.717) is 28.0 Å². The number of hydrogen-bond acceptors (Lipinski definition) is 4. The van der Waals surface area contributed by atoms with Crippen LogP contribution in [0.1, 0.15) is 18.4 Å². The van der Waals surface area contributed by atoms with E-state index >= 15 is 0 Å². The number of H-pyrrole nitrogens is 1. The van der Waals surface area contributed by atoms with Gasteiger partial charge in [-0.15, -0.1) is 0 Å². The average molecular weight is 321 g/mol. The Kier molecular flexibility index (Phi) is 3.81. The zero-order valence-electron chi connectivity index (χ0n) is 11.5. The van der Waals surface area contributed by atoms with Crippen molar-refractivity contribution in [2.45, 2.75) is 25.3 Å². The largest absolute Gasteiger partial charge is 0.346 e. The van der Waals surface area contributed by atoms with E-state index in [0.717, 1.165) is 0 Å². The summed E-state index contributed by atoms with van der Waals surface area (Å²) in [5.74, 6) is -1.09. The minimum absolute atomic E-state index is 0.0726. The minimum atomic E-state index is -0.677. The highest BCUT2D eigenvalue weighted by Gasteiger charge is 2.27. The van der Waals surface area contributed by atoms with Gasteiger partial charge >= 0.3 is 0 Å². The molecule has 1 unspecified atom stereocenters. The molecule has 2 aromatic heterocycles.